The number of benzene rings is 3. The second-order valence-corrected chi connectivity index (χ2v) is 13.0. The molecule has 4 aromatic rings. The van der Waals surface area contributed by atoms with Crippen molar-refractivity contribution in [2.75, 3.05) is 24.8 Å². The van der Waals surface area contributed by atoms with Crippen LogP contribution in [0.2, 0.25) is 0 Å². The van der Waals surface area contributed by atoms with Gasteiger partial charge in [0.25, 0.3) is 23.3 Å². The van der Waals surface area contributed by atoms with E-state index >= 15 is 0 Å². The number of thioether (sulfide) groups is 1. The van der Waals surface area contributed by atoms with E-state index in [4.69, 9.17) is 9.47 Å². The van der Waals surface area contributed by atoms with E-state index in [1.807, 2.05) is 91.0 Å². The third kappa shape index (κ3) is 5.98. The van der Waals surface area contributed by atoms with Crippen molar-refractivity contribution in [3.05, 3.63) is 130 Å². The minimum atomic E-state index is -2.01. The van der Waals surface area contributed by atoms with Gasteiger partial charge in [-0.3, -0.25) is 24.1 Å². The number of carboxylic acid groups (broad SMARTS) is 1. The number of amides is 2. The van der Waals surface area contributed by atoms with Gasteiger partial charge in [0, 0.05) is 30.7 Å². The van der Waals surface area contributed by atoms with Crippen molar-refractivity contribution >= 4 is 57.8 Å². The Balaban J connectivity index is 1.27. The van der Waals surface area contributed by atoms with Crippen molar-refractivity contribution in [2.45, 2.75) is 23.6 Å². The Morgan fingerprint density at radius 3 is 2.00 bits per heavy atom. The highest BCUT2D eigenvalue weighted by Gasteiger charge is 2.67. The summed E-state index contributed by atoms with van der Waals surface area (Å²) >= 11 is 2.24. The maximum atomic E-state index is 13.5. The summed E-state index contributed by atoms with van der Waals surface area (Å²) in [7, 11) is 1.18. The van der Waals surface area contributed by atoms with Crippen molar-refractivity contribution < 1.29 is 38.6 Å². The maximum Gasteiger partial charge on any atom is 0.352 e. The van der Waals surface area contributed by atoms with Gasteiger partial charge in [0.05, 0.1) is 0 Å². The van der Waals surface area contributed by atoms with Crippen molar-refractivity contribution in [2.24, 2.45) is 0 Å². The number of rotatable bonds is 12. The highest BCUT2D eigenvalue weighted by molar-refractivity contribution is 8.00. The highest BCUT2D eigenvalue weighted by atomic mass is 32.2. The summed E-state index contributed by atoms with van der Waals surface area (Å²) in [5, 5.41) is 16.7. The molecule has 2 aliphatic rings. The largest absolute Gasteiger partial charge is 0.477 e. The number of nitrogens with zero attached hydrogens (tertiary/aromatic N) is 2. The second kappa shape index (κ2) is 13.7. The molecule has 0 unspecified atom stereocenters. The van der Waals surface area contributed by atoms with Crippen LogP contribution in [0, 0.1) is 0 Å². The predicted octanol–water partition coefficient (Wildman–Crippen LogP) is 4.01. The Labute approximate surface area is 289 Å². The summed E-state index contributed by atoms with van der Waals surface area (Å²) in [5.74, 6) is -4.99. The smallest absolute Gasteiger partial charge is 0.352 e. The zero-order valence-corrected chi connectivity index (χ0v) is 27.9. The van der Waals surface area contributed by atoms with Crippen LogP contribution >= 0.6 is 23.1 Å². The van der Waals surface area contributed by atoms with Crippen LogP contribution in [0.25, 0.3) is 0 Å². The van der Waals surface area contributed by atoms with Crippen molar-refractivity contribution in [3.63, 3.8) is 0 Å². The molecule has 0 spiro atoms. The molecule has 1 saturated heterocycles. The van der Waals surface area contributed by atoms with Gasteiger partial charge in [0.15, 0.2) is 5.13 Å². The van der Waals surface area contributed by atoms with Crippen LogP contribution in [-0.2, 0) is 34.2 Å². The average molecular weight is 699 g/mol. The lowest BCUT2D eigenvalue weighted by Crippen LogP contribution is -2.81. The number of thiazole rings is 1. The molecule has 2 amide bonds. The second-order valence-electron chi connectivity index (χ2n) is 11.1. The third-order valence-corrected chi connectivity index (χ3v) is 10.4. The van der Waals surface area contributed by atoms with Crippen LogP contribution in [0.5, 0.6) is 0 Å². The van der Waals surface area contributed by atoms with E-state index in [1.165, 1.54) is 19.4 Å². The number of β-lactam (4-membered cyclic amide) rings is 1. The number of hydrogen-bond donors (Lipinski definition) is 3. The normalized spacial score (nSPS) is 18.6. The van der Waals surface area contributed by atoms with Gasteiger partial charge in [-0.25, -0.2) is 9.78 Å². The number of carbonyl (C=O) groups excluding carboxylic acids is 4. The Morgan fingerprint density at radius 1 is 0.959 bits per heavy atom. The van der Waals surface area contributed by atoms with Gasteiger partial charge in [-0.15, -0.1) is 23.1 Å². The molecule has 0 radical (unpaired) electrons. The molecule has 0 saturated carbocycles. The minimum absolute atomic E-state index is 0.0748. The zero-order chi connectivity index (χ0) is 34.8. The molecule has 14 heteroatoms. The first-order valence-electron chi connectivity index (χ1n) is 15.0. The maximum absolute atomic E-state index is 13.5. The lowest BCUT2D eigenvalue weighted by atomic mass is 9.77. The quantitative estimate of drug-likeness (QED) is 0.0489. The van der Waals surface area contributed by atoms with Crippen LogP contribution in [0.3, 0.4) is 0 Å². The standard InChI is InChI=1S/C35H30N4O8S2/c1-21(40)47-18-22-19-48-32-35(46-2,31(45)39(32)27(22)30(43)44)37-29(42)28(41)26-20-49-33(36-26)38-34(23-12-6-3-7-13-23,24-14-8-4-9-15-24)25-16-10-5-11-17-25/h3-17,20,32H,18-19H2,1-2H3,(H,36,38)(H,37,42)(H,43,44)/t32-,35-/m1/s1. The van der Waals surface area contributed by atoms with Gasteiger partial charge in [0.1, 0.15) is 28.9 Å². The lowest BCUT2D eigenvalue weighted by molar-refractivity contribution is -0.191. The molecule has 1 aromatic heterocycles. The fourth-order valence-electron chi connectivity index (χ4n) is 5.96. The number of fused-ring (bicyclic) bond motifs is 1. The predicted molar refractivity (Wildman–Crippen MR) is 182 cm³/mol. The molecule has 3 N–H and O–H groups in total. The van der Waals surface area contributed by atoms with E-state index in [0.717, 1.165) is 44.7 Å². The summed E-state index contributed by atoms with van der Waals surface area (Å²) in [6, 6.07) is 29.4. The number of methoxy groups -OCH3 is 1. The number of ether oxygens (including phenoxy) is 2. The van der Waals surface area contributed by atoms with Gasteiger partial charge in [-0.05, 0) is 16.7 Å². The SMILES string of the molecule is CO[C@]1(NC(=O)C(=O)c2csc(NC(c3ccccc3)(c3ccccc3)c3ccccc3)n2)C(=O)N2C(C(=O)O)=C(COC(C)=O)CS[C@@H]21. The third-order valence-electron chi connectivity index (χ3n) is 8.24. The van der Waals surface area contributed by atoms with Crippen LogP contribution in [0.4, 0.5) is 5.13 Å². The van der Waals surface area contributed by atoms with Crippen molar-refractivity contribution in [1.82, 2.24) is 15.2 Å². The van der Waals surface area contributed by atoms with Crippen LogP contribution in [-0.4, -0.2) is 75.1 Å². The number of aromatic nitrogens is 1. The minimum Gasteiger partial charge on any atom is -0.477 e. The molecular weight excluding hydrogens is 669 g/mol. The molecule has 3 aromatic carbocycles. The molecular formula is C35H30N4O8S2. The van der Waals surface area contributed by atoms with Crippen LogP contribution < -0.4 is 10.6 Å². The summed E-state index contributed by atoms with van der Waals surface area (Å²) in [6.45, 7) is 0.871. The Hall–Kier alpha value is -5.31. The topological polar surface area (TPSA) is 164 Å². The number of anilines is 1. The first-order valence-corrected chi connectivity index (χ1v) is 16.9. The number of Topliss-reactive ketones (excluding diaryl/α,β-unsaturated/α-hetero) is 1. The average Bonchev–Trinajstić information content (AvgIpc) is 3.60. The molecule has 250 valence electrons. The van der Waals surface area contributed by atoms with Crippen LogP contribution in [0.1, 0.15) is 34.1 Å². The monoisotopic (exact) mass is 698 g/mol. The number of carbonyl (C=O) groups is 5. The van der Waals surface area contributed by atoms with E-state index < -0.39 is 46.2 Å². The fourth-order valence-corrected chi connectivity index (χ4v) is 8.13. The van der Waals surface area contributed by atoms with E-state index in [1.54, 1.807) is 0 Å². The Morgan fingerprint density at radius 2 is 1.51 bits per heavy atom. The van der Waals surface area contributed by atoms with Gasteiger partial charge in [-0.2, -0.15) is 0 Å². The van der Waals surface area contributed by atoms with E-state index in [-0.39, 0.29) is 29.3 Å². The number of nitrogens with one attached hydrogen (secondary N) is 2. The first-order chi connectivity index (χ1) is 23.6. The zero-order valence-electron chi connectivity index (χ0n) is 26.2. The van der Waals surface area contributed by atoms with Crippen LogP contribution in [0.15, 0.2) is 108 Å². The van der Waals surface area contributed by atoms with Gasteiger partial charge in [-0.1, -0.05) is 91.0 Å². The van der Waals surface area contributed by atoms with Gasteiger partial charge < -0.3 is 25.2 Å². The summed E-state index contributed by atoms with van der Waals surface area (Å²) in [6.07, 6.45) is 0. The molecule has 2 aliphatic heterocycles. The van der Waals surface area contributed by atoms with Gasteiger partial charge >= 0.3 is 11.9 Å². The number of aliphatic carboxylic acids is 1. The van der Waals surface area contributed by atoms with E-state index in [9.17, 15) is 29.1 Å². The molecule has 49 heavy (non-hydrogen) atoms. The van der Waals surface area contributed by atoms with Gasteiger partial charge in [0.2, 0.25) is 0 Å². The Kier molecular flexibility index (Phi) is 9.37. The number of carboxylic acids is 1. The number of esters is 1. The van der Waals surface area contributed by atoms with E-state index in [2.05, 4.69) is 15.6 Å². The molecule has 12 nitrogen and oxygen atoms in total. The number of ketones is 1. The number of hydrogen-bond acceptors (Lipinski definition) is 11. The van der Waals surface area contributed by atoms with Crippen molar-refractivity contribution in [1.29, 1.82) is 0 Å². The molecule has 0 aliphatic carbocycles. The molecule has 6 rings (SSSR count). The molecule has 1 fully saturated rings. The molecule has 3 heterocycles. The summed E-state index contributed by atoms with van der Waals surface area (Å²) in [5.41, 5.74) is -0.493. The highest BCUT2D eigenvalue weighted by Crippen LogP contribution is 2.47. The summed E-state index contributed by atoms with van der Waals surface area (Å²) < 4.78 is 10.4. The first kappa shape index (κ1) is 33.6. The lowest BCUT2D eigenvalue weighted by Gasteiger charge is -2.55. The summed E-state index contributed by atoms with van der Waals surface area (Å²) in [4.78, 5) is 69.2. The van der Waals surface area contributed by atoms with E-state index in [0.29, 0.717) is 5.13 Å². The van der Waals surface area contributed by atoms with Crippen molar-refractivity contribution in [3.8, 4) is 0 Å². The fraction of sp³-hybridized carbons (Fsp3) is 0.200. The molecule has 2 atom stereocenters. The Bertz CT molecular complexity index is 1850. The molecule has 0 bridgehead atoms.